The predicted molar refractivity (Wildman–Crippen MR) is 91.7 cm³/mol. The molecule has 2 aromatic heterocycles. The van der Waals surface area contributed by atoms with Crippen molar-refractivity contribution in [3.8, 4) is 0 Å². The van der Waals surface area contributed by atoms with E-state index in [0.717, 1.165) is 16.6 Å². The first-order chi connectivity index (χ1) is 9.44. The summed E-state index contributed by atoms with van der Waals surface area (Å²) in [4.78, 5) is 2.86. The van der Waals surface area contributed by atoms with Crippen molar-refractivity contribution in [1.29, 1.82) is 0 Å². The van der Waals surface area contributed by atoms with E-state index in [0.29, 0.717) is 0 Å². The van der Waals surface area contributed by atoms with Gasteiger partial charge in [-0.1, -0.05) is 41.5 Å². The summed E-state index contributed by atoms with van der Waals surface area (Å²) in [7, 11) is -1.43. The smallest absolute Gasteiger partial charge is 0.168 e. The zero-order valence-electron chi connectivity index (χ0n) is 13.8. The third kappa shape index (κ3) is 3.45. The van der Waals surface area contributed by atoms with Crippen molar-refractivity contribution >= 4 is 8.24 Å². The molecule has 0 radical (unpaired) electrons. The van der Waals surface area contributed by atoms with Crippen LogP contribution in [0.25, 0.3) is 0 Å². The fourth-order valence-corrected chi connectivity index (χ4v) is 10.2. The molecule has 2 nitrogen and oxygen atoms in total. The van der Waals surface area contributed by atoms with E-state index in [4.69, 9.17) is 0 Å². The summed E-state index contributed by atoms with van der Waals surface area (Å²) >= 11 is 0. The molecule has 0 aliphatic heterocycles. The monoisotopic (exact) mass is 290 g/mol. The van der Waals surface area contributed by atoms with Crippen molar-refractivity contribution < 1.29 is 0 Å². The second-order valence-electron chi connectivity index (χ2n) is 6.33. The lowest BCUT2D eigenvalue weighted by Crippen LogP contribution is -2.51. The minimum absolute atomic E-state index is 0.782. The standard InChI is InChI=1S/C13H25NSi.C4H5N/c1-11(2)15(12(3)4,13(5)6)14-9-7-8-10-14;1-2-4-5-3-1/h7-13H,1-6H3;1-5H. The maximum absolute atomic E-state index is 2.86. The van der Waals surface area contributed by atoms with E-state index in [9.17, 15) is 0 Å². The maximum Gasteiger partial charge on any atom is 0.168 e. The first-order valence-corrected chi connectivity index (χ1v) is 9.83. The van der Waals surface area contributed by atoms with Gasteiger partial charge in [-0.3, -0.25) is 0 Å². The molecule has 2 heterocycles. The van der Waals surface area contributed by atoms with Gasteiger partial charge in [-0.25, -0.2) is 0 Å². The van der Waals surface area contributed by atoms with Gasteiger partial charge < -0.3 is 9.22 Å². The lowest BCUT2D eigenvalue weighted by atomic mass is 10.5. The van der Waals surface area contributed by atoms with Gasteiger partial charge in [0.1, 0.15) is 0 Å². The van der Waals surface area contributed by atoms with E-state index in [-0.39, 0.29) is 0 Å². The van der Waals surface area contributed by atoms with Crippen molar-refractivity contribution in [3.63, 3.8) is 0 Å². The third-order valence-corrected chi connectivity index (χ3v) is 11.1. The largest absolute Gasteiger partial charge is 0.379 e. The molecule has 0 aliphatic carbocycles. The number of nitrogens with one attached hydrogen (secondary N) is 1. The summed E-state index contributed by atoms with van der Waals surface area (Å²) in [6.07, 6.45) is 8.29. The molecule has 3 heteroatoms. The Hall–Kier alpha value is -1.22. The summed E-state index contributed by atoms with van der Waals surface area (Å²) in [5.41, 5.74) is 2.35. The van der Waals surface area contributed by atoms with Crippen LogP contribution in [0.3, 0.4) is 0 Å². The van der Waals surface area contributed by atoms with Crippen LogP contribution in [-0.4, -0.2) is 17.5 Å². The molecule has 1 N–H and O–H groups in total. The van der Waals surface area contributed by atoms with E-state index in [1.807, 2.05) is 24.5 Å². The second-order valence-corrected chi connectivity index (χ2v) is 12.1. The van der Waals surface area contributed by atoms with E-state index in [1.165, 1.54) is 0 Å². The van der Waals surface area contributed by atoms with Crippen molar-refractivity contribution in [2.75, 3.05) is 0 Å². The van der Waals surface area contributed by atoms with E-state index in [2.05, 4.69) is 75.3 Å². The van der Waals surface area contributed by atoms with Crippen molar-refractivity contribution in [2.45, 2.75) is 58.2 Å². The molecule has 0 amide bonds. The quantitative estimate of drug-likeness (QED) is 0.715. The molecule has 0 atom stereocenters. The van der Waals surface area contributed by atoms with Gasteiger partial charge in [0.15, 0.2) is 8.24 Å². The molecule has 0 aromatic carbocycles. The molecule has 2 aromatic rings. The molecular weight excluding hydrogens is 260 g/mol. The number of hydrogen-bond donors (Lipinski definition) is 1. The Morgan fingerprint density at radius 2 is 1.10 bits per heavy atom. The Bertz CT molecular complexity index is 402. The minimum Gasteiger partial charge on any atom is -0.379 e. The van der Waals surface area contributed by atoms with Crippen molar-refractivity contribution in [3.05, 3.63) is 49.1 Å². The number of nitrogens with zero attached hydrogens (tertiary/aromatic N) is 1. The highest BCUT2D eigenvalue weighted by molar-refractivity contribution is 6.82. The lowest BCUT2D eigenvalue weighted by molar-refractivity contribution is 0.765. The second kappa shape index (κ2) is 7.53. The van der Waals surface area contributed by atoms with Gasteiger partial charge in [-0.05, 0) is 53.3 Å². The average molecular weight is 291 g/mol. The van der Waals surface area contributed by atoms with Gasteiger partial charge in [0.25, 0.3) is 0 Å². The molecule has 0 unspecified atom stereocenters. The highest BCUT2D eigenvalue weighted by Crippen LogP contribution is 2.42. The Kier molecular flexibility index (Phi) is 6.34. The lowest BCUT2D eigenvalue weighted by Gasteiger charge is -2.44. The van der Waals surface area contributed by atoms with E-state index < -0.39 is 8.24 Å². The highest BCUT2D eigenvalue weighted by atomic mass is 28.3. The Balaban J connectivity index is 0.000000333. The number of aromatic nitrogens is 2. The average Bonchev–Trinajstić information content (AvgIpc) is 3.04. The number of aromatic amines is 1. The van der Waals surface area contributed by atoms with Gasteiger partial charge in [-0.15, -0.1) is 0 Å². The van der Waals surface area contributed by atoms with Gasteiger partial charge in [0, 0.05) is 12.4 Å². The van der Waals surface area contributed by atoms with Crippen LogP contribution in [0.4, 0.5) is 0 Å². The Morgan fingerprint density at radius 1 is 0.700 bits per heavy atom. The van der Waals surface area contributed by atoms with Gasteiger partial charge >= 0.3 is 0 Å². The van der Waals surface area contributed by atoms with Crippen molar-refractivity contribution in [2.24, 2.45) is 0 Å². The predicted octanol–water partition coefficient (Wildman–Crippen LogP) is 5.53. The summed E-state index contributed by atoms with van der Waals surface area (Å²) < 4.78 is 2.55. The van der Waals surface area contributed by atoms with Crippen molar-refractivity contribution in [1.82, 2.24) is 9.22 Å². The van der Waals surface area contributed by atoms with Crippen LogP contribution in [0.5, 0.6) is 0 Å². The molecular formula is C17H30N2Si. The molecule has 0 aliphatic rings. The number of rotatable bonds is 4. The number of H-pyrrole nitrogens is 1. The molecule has 112 valence electrons. The molecule has 2 rings (SSSR count). The summed E-state index contributed by atoms with van der Waals surface area (Å²) in [5.74, 6) is 0. The fourth-order valence-electron chi connectivity index (χ4n) is 3.76. The van der Waals surface area contributed by atoms with Crippen LogP contribution in [0.2, 0.25) is 16.6 Å². The van der Waals surface area contributed by atoms with Crippen LogP contribution in [0, 0.1) is 0 Å². The first kappa shape index (κ1) is 16.8. The summed E-state index contributed by atoms with van der Waals surface area (Å²) in [6, 6.07) is 8.21. The van der Waals surface area contributed by atoms with Crippen LogP contribution < -0.4 is 0 Å². The minimum atomic E-state index is -1.43. The zero-order valence-corrected chi connectivity index (χ0v) is 14.8. The summed E-state index contributed by atoms with van der Waals surface area (Å²) in [5, 5.41) is 0. The topological polar surface area (TPSA) is 20.7 Å². The van der Waals surface area contributed by atoms with Gasteiger partial charge in [0.2, 0.25) is 0 Å². The molecule has 0 bridgehead atoms. The highest BCUT2D eigenvalue weighted by Gasteiger charge is 2.44. The van der Waals surface area contributed by atoms with Crippen LogP contribution in [0.1, 0.15) is 41.5 Å². The fraction of sp³-hybridized carbons (Fsp3) is 0.529. The molecule has 0 saturated heterocycles. The molecule has 0 spiro atoms. The van der Waals surface area contributed by atoms with Gasteiger partial charge in [0.05, 0.1) is 0 Å². The van der Waals surface area contributed by atoms with Crippen LogP contribution in [0.15, 0.2) is 49.1 Å². The normalized spacial score (nSPS) is 11.8. The zero-order chi connectivity index (χ0) is 15.2. The number of hydrogen-bond acceptors (Lipinski definition) is 0. The SMILES string of the molecule is CC(C)[Si](C(C)C)(C(C)C)n1cccc1.c1cc[nH]c1. The molecule has 20 heavy (non-hydrogen) atoms. The Labute approximate surface area is 125 Å². The maximum atomic E-state index is 2.86. The third-order valence-electron chi connectivity index (χ3n) is 4.32. The first-order valence-electron chi connectivity index (χ1n) is 7.65. The van der Waals surface area contributed by atoms with E-state index >= 15 is 0 Å². The molecule has 0 saturated carbocycles. The molecule has 0 fully saturated rings. The summed E-state index contributed by atoms with van der Waals surface area (Å²) in [6.45, 7) is 14.4. The van der Waals surface area contributed by atoms with Crippen LogP contribution in [-0.2, 0) is 0 Å². The Morgan fingerprint density at radius 3 is 1.35 bits per heavy atom. The van der Waals surface area contributed by atoms with Crippen LogP contribution >= 0.6 is 0 Å². The van der Waals surface area contributed by atoms with Gasteiger partial charge in [-0.2, -0.15) is 0 Å². The van der Waals surface area contributed by atoms with E-state index in [1.54, 1.807) is 0 Å².